The number of rotatable bonds is 12. The van der Waals surface area contributed by atoms with Crippen molar-refractivity contribution < 1.29 is 29.3 Å². The second kappa shape index (κ2) is 14.3. The van der Waals surface area contributed by atoms with Gasteiger partial charge in [-0.2, -0.15) is 0 Å². The SMILES string of the molecule is CC(CCCc1ccccc1)CCCC12C(O)CCC(C)(C3CCCC3)C1C1CC(C)(C#CCCC(=O)O1)C2(O)CCC1=CC(=O)OC1. The summed E-state index contributed by atoms with van der Waals surface area (Å²) >= 11 is 0. The van der Waals surface area contributed by atoms with Gasteiger partial charge in [0.25, 0.3) is 0 Å². The largest absolute Gasteiger partial charge is 0.462 e. The van der Waals surface area contributed by atoms with Crippen LogP contribution in [0.1, 0.15) is 129 Å². The van der Waals surface area contributed by atoms with Gasteiger partial charge >= 0.3 is 11.9 Å². The summed E-state index contributed by atoms with van der Waals surface area (Å²) in [7, 11) is 0. The third-order valence-electron chi connectivity index (χ3n) is 13.7. The maximum atomic E-state index is 13.7. The Morgan fingerprint density at radius 1 is 1.00 bits per heavy atom. The molecule has 3 saturated carbocycles. The summed E-state index contributed by atoms with van der Waals surface area (Å²) in [5, 5.41) is 26.3. The number of fused-ring (bicyclic) bond motifs is 4. The lowest BCUT2D eigenvalue weighted by Gasteiger charge is -2.71. The molecule has 1 aromatic rings. The van der Waals surface area contributed by atoms with Crippen LogP contribution in [0.3, 0.4) is 0 Å². The fourth-order valence-corrected chi connectivity index (χ4v) is 11.2. The van der Waals surface area contributed by atoms with Crippen LogP contribution in [0.15, 0.2) is 42.0 Å². The van der Waals surface area contributed by atoms with Crippen LogP contribution >= 0.6 is 0 Å². The highest BCUT2D eigenvalue weighted by Crippen LogP contribution is 2.71. The van der Waals surface area contributed by atoms with Crippen molar-refractivity contribution in [2.75, 3.05) is 6.61 Å². The van der Waals surface area contributed by atoms with Crippen LogP contribution in [-0.4, -0.2) is 46.6 Å². The number of hydrogen-bond acceptors (Lipinski definition) is 6. The van der Waals surface area contributed by atoms with Crippen LogP contribution in [0.25, 0.3) is 0 Å². The highest BCUT2D eigenvalue weighted by atomic mass is 16.5. The van der Waals surface area contributed by atoms with E-state index in [1.54, 1.807) is 6.08 Å². The van der Waals surface area contributed by atoms with E-state index in [0.717, 1.165) is 56.9 Å². The molecule has 6 nitrogen and oxygen atoms in total. The highest BCUT2D eigenvalue weighted by molar-refractivity contribution is 5.85. The Kier molecular flexibility index (Phi) is 10.5. The van der Waals surface area contributed by atoms with Crippen LogP contribution in [0.4, 0.5) is 0 Å². The van der Waals surface area contributed by atoms with E-state index in [1.165, 1.54) is 18.4 Å². The first-order valence-electron chi connectivity index (χ1n) is 19.0. The molecule has 0 amide bonds. The van der Waals surface area contributed by atoms with E-state index in [9.17, 15) is 19.8 Å². The average Bonchev–Trinajstić information content (AvgIpc) is 3.76. The zero-order chi connectivity index (χ0) is 34.0. The Hall–Kier alpha value is -2.62. The molecule has 0 aromatic heterocycles. The van der Waals surface area contributed by atoms with Gasteiger partial charge in [0.2, 0.25) is 0 Å². The maximum Gasteiger partial charge on any atom is 0.331 e. The number of carbonyl (C=O) groups excluding carboxylic acids is 2. The molecular formula is C42H58O6. The molecule has 8 unspecified atom stereocenters. The number of hydrogen-bond donors (Lipinski definition) is 2. The molecule has 2 N–H and O–H groups in total. The standard InChI is InChI=1S/C42H58O6/c1-30(13-11-17-31-15-5-4-6-16-31)14-12-24-41-35(43)22-25-40(3,33-18-7-8-19-33)38(41)34-28-39(2,23-10-9-20-36(44)48-34)42(41,46)26-21-32-27-37(45)47-29-32/h4-6,15-16,27,30,33-35,38,43,46H,7-9,11-14,17-22,24-26,28-29H2,1-3H3. The Morgan fingerprint density at radius 3 is 2.48 bits per heavy atom. The molecule has 2 heterocycles. The number of benzene rings is 1. The van der Waals surface area contributed by atoms with Crippen LogP contribution in [0.2, 0.25) is 0 Å². The first-order valence-corrected chi connectivity index (χ1v) is 19.0. The summed E-state index contributed by atoms with van der Waals surface area (Å²) in [6, 6.07) is 10.7. The summed E-state index contributed by atoms with van der Waals surface area (Å²) in [5.41, 5.74) is -1.13. The van der Waals surface area contributed by atoms with Crippen molar-refractivity contribution >= 4 is 11.9 Å². The molecule has 1 aromatic carbocycles. The third kappa shape index (κ3) is 6.51. The lowest BCUT2D eigenvalue weighted by Crippen LogP contribution is -2.76. The molecule has 3 aliphatic carbocycles. The fourth-order valence-electron chi connectivity index (χ4n) is 11.2. The van der Waals surface area contributed by atoms with Crippen molar-refractivity contribution in [2.24, 2.45) is 34.0 Å². The zero-order valence-corrected chi connectivity index (χ0v) is 29.6. The van der Waals surface area contributed by atoms with Gasteiger partial charge in [-0.1, -0.05) is 82.2 Å². The Balaban J connectivity index is 1.37. The van der Waals surface area contributed by atoms with Crippen molar-refractivity contribution in [3.8, 4) is 11.8 Å². The van der Waals surface area contributed by atoms with Gasteiger partial charge in [-0.15, -0.1) is 5.92 Å². The predicted molar refractivity (Wildman–Crippen MR) is 186 cm³/mol. The second-order valence-corrected chi connectivity index (χ2v) is 16.6. The lowest BCUT2D eigenvalue weighted by atomic mass is 9.36. The summed E-state index contributed by atoms with van der Waals surface area (Å²) in [6.45, 7) is 7.02. The number of esters is 2. The van der Waals surface area contributed by atoms with Crippen LogP contribution in [-0.2, 0) is 25.5 Å². The Labute approximate surface area is 288 Å². The first kappa shape index (κ1) is 35.2. The molecule has 2 bridgehead atoms. The number of carbonyl (C=O) groups is 2. The fraction of sp³-hybridized carbons (Fsp3) is 0.714. The van der Waals surface area contributed by atoms with Gasteiger partial charge in [0.05, 0.1) is 23.5 Å². The summed E-state index contributed by atoms with van der Waals surface area (Å²) in [4.78, 5) is 25.4. The van der Waals surface area contributed by atoms with Gasteiger partial charge < -0.3 is 19.7 Å². The van der Waals surface area contributed by atoms with Crippen molar-refractivity contribution in [1.82, 2.24) is 0 Å². The molecule has 0 radical (unpaired) electrons. The van der Waals surface area contributed by atoms with Crippen LogP contribution in [0.5, 0.6) is 0 Å². The molecule has 0 saturated heterocycles. The normalized spacial score (nSPS) is 37.2. The van der Waals surface area contributed by atoms with Crippen molar-refractivity contribution in [2.45, 2.75) is 148 Å². The van der Waals surface area contributed by atoms with Gasteiger partial charge in [0, 0.05) is 30.3 Å². The molecule has 8 atom stereocenters. The van der Waals surface area contributed by atoms with Crippen molar-refractivity contribution in [1.29, 1.82) is 0 Å². The predicted octanol–water partition coefficient (Wildman–Crippen LogP) is 7.88. The van der Waals surface area contributed by atoms with Crippen LogP contribution < -0.4 is 0 Å². The zero-order valence-electron chi connectivity index (χ0n) is 29.6. The number of aryl methyl sites for hydroxylation is 1. The van der Waals surface area contributed by atoms with E-state index in [0.29, 0.717) is 50.4 Å². The summed E-state index contributed by atoms with van der Waals surface area (Å²) in [5.74, 6) is 7.02. The minimum absolute atomic E-state index is 0.190. The third-order valence-corrected chi connectivity index (χ3v) is 13.7. The van der Waals surface area contributed by atoms with Gasteiger partial charge in [-0.25, -0.2) is 4.79 Å². The van der Waals surface area contributed by atoms with E-state index in [-0.39, 0.29) is 36.3 Å². The first-order chi connectivity index (χ1) is 23.0. The van der Waals surface area contributed by atoms with E-state index >= 15 is 0 Å². The molecule has 3 fully saturated rings. The maximum absolute atomic E-state index is 13.7. The average molecular weight is 659 g/mol. The van der Waals surface area contributed by atoms with E-state index in [4.69, 9.17) is 9.47 Å². The number of ether oxygens (including phenoxy) is 2. The molecule has 5 aliphatic rings. The van der Waals surface area contributed by atoms with Gasteiger partial charge in [-0.3, -0.25) is 4.79 Å². The number of cyclic esters (lactones) is 1. The molecule has 0 spiro atoms. The van der Waals surface area contributed by atoms with Gasteiger partial charge in [-0.05, 0) is 93.1 Å². The number of aliphatic hydroxyl groups excluding tert-OH is 1. The van der Waals surface area contributed by atoms with E-state index in [2.05, 4.69) is 62.9 Å². The topological polar surface area (TPSA) is 93.1 Å². The Bertz CT molecular complexity index is 1400. The van der Waals surface area contributed by atoms with Crippen molar-refractivity contribution in [3.63, 3.8) is 0 Å². The second-order valence-electron chi connectivity index (χ2n) is 16.6. The van der Waals surface area contributed by atoms with E-state index in [1.807, 2.05) is 0 Å². The van der Waals surface area contributed by atoms with Crippen LogP contribution in [0, 0.1) is 45.8 Å². The minimum atomic E-state index is -1.37. The van der Waals surface area contributed by atoms with Gasteiger partial charge in [0.15, 0.2) is 0 Å². The Morgan fingerprint density at radius 2 is 1.75 bits per heavy atom. The molecule has 48 heavy (non-hydrogen) atoms. The number of aliphatic hydroxyl groups is 2. The van der Waals surface area contributed by atoms with Gasteiger partial charge in [0.1, 0.15) is 12.7 Å². The lowest BCUT2D eigenvalue weighted by molar-refractivity contribution is -0.313. The summed E-state index contributed by atoms with van der Waals surface area (Å²) < 4.78 is 11.8. The monoisotopic (exact) mass is 658 g/mol. The molecule has 6 rings (SSSR count). The smallest absolute Gasteiger partial charge is 0.331 e. The summed E-state index contributed by atoms with van der Waals surface area (Å²) in [6.07, 6.45) is 14.4. The molecular weight excluding hydrogens is 600 g/mol. The molecule has 262 valence electrons. The molecule has 2 aliphatic heterocycles. The quantitative estimate of drug-likeness (QED) is 0.175. The highest BCUT2D eigenvalue weighted by Gasteiger charge is 2.75. The van der Waals surface area contributed by atoms with Crippen molar-refractivity contribution in [3.05, 3.63) is 47.5 Å². The minimum Gasteiger partial charge on any atom is -0.462 e. The van der Waals surface area contributed by atoms with E-state index < -0.39 is 28.6 Å². The molecule has 6 heteroatoms.